The van der Waals surface area contributed by atoms with Crippen molar-refractivity contribution in [2.45, 2.75) is 26.2 Å². The predicted molar refractivity (Wildman–Crippen MR) is 43.9 cm³/mol. The van der Waals surface area contributed by atoms with E-state index in [4.69, 9.17) is 0 Å². The molecule has 0 saturated heterocycles. The maximum absolute atomic E-state index is 9.95. The second-order valence-corrected chi connectivity index (χ2v) is 2.27. The van der Waals surface area contributed by atoms with E-state index in [1.807, 2.05) is 6.92 Å². The zero-order chi connectivity index (χ0) is 7.98. The van der Waals surface area contributed by atoms with Crippen molar-refractivity contribution in [1.82, 2.24) is 0 Å². The molecule has 0 unspecified atom stereocenters. The third-order valence-corrected chi connectivity index (χ3v) is 1.49. The van der Waals surface area contributed by atoms with Gasteiger partial charge in [-0.05, 0) is 12.8 Å². The zero-order valence-corrected chi connectivity index (χ0v) is 6.52. The van der Waals surface area contributed by atoms with Gasteiger partial charge in [-0.15, -0.1) is 0 Å². The van der Waals surface area contributed by atoms with Crippen molar-refractivity contribution in [1.29, 1.82) is 0 Å². The number of allylic oxidation sites excluding steroid dienone is 2. The molecule has 0 aromatic heterocycles. The fraction of sp³-hybridized carbons (Fsp3) is 0.444. The van der Waals surface area contributed by atoms with Gasteiger partial charge in [0.2, 0.25) is 0 Å². The van der Waals surface area contributed by atoms with Crippen molar-refractivity contribution in [2.75, 3.05) is 0 Å². The molecule has 0 fully saturated rings. The monoisotopic (exact) mass is 138 g/mol. The Kier molecular flexibility index (Phi) is 4.55. The van der Waals surface area contributed by atoms with E-state index in [0.717, 1.165) is 30.3 Å². The summed E-state index contributed by atoms with van der Waals surface area (Å²) in [6.45, 7) is 9.65. The Morgan fingerprint density at radius 3 is 2.40 bits per heavy atom. The van der Waals surface area contributed by atoms with Crippen molar-refractivity contribution < 1.29 is 4.79 Å². The van der Waals surface area contributed by atoms with E-state index in [9.17, 15) is 4.79 Å². The highest BCUT2D eigenvalue weighted by atomic mass is 16.1. The van der Waals surface area contributed by atoms with E-state index < -0.39 is 0 Å². The van der Waals surface area contributed by atoms with E-state index in [2.05, 4.69) is 13.2 Å². The molecule has 0 aromatic carbocycles. The number of hydrogen-bond donors (Lipinski definition) is 0. The van der Waals surface area contributed by atoms with Gasteiger partial charge in [-0.2, -0.15) is 0 Å². The van der Waals surface area contributed by atoms with Gasteiger partial charge in [0.05, 0.1) is 0 Å². The van der Waals surface area contributed by atoms with E-state index in [1.54, 1.807) is 0 Å². The molecule has 0 aliphatic carbocycles. The van der Waals surface area contributed by atoms with Crippen molar-refractivity contribution in [3.63, 3.8) is 0 Å². The lowest BCUT2D eigenvalue weighted by molar-refractivity contribution is -0.107. The van der Waals surface area contributed by atoms with Gasteiger partial charge in [-0.3, -0.25) is 0 Å². The molecule has 1 nitrogen and oxygen atoms in total. The van der Waals surface area contributed by atoms with Crippen LogP contribution in [0.5, 0.6) is 0 Å². The van der Waals surface area contributed by atoms with Crippen LogP contribution in [0.4, 0.5) is 0 Å². The van der Waals surface area contributed by atoms with Gasteiger partial charge in [-0.1, -0.05) is 31.2 Å². The van der Waals surface area contributed by atoms with Crippen LogP contribution in [0.1, 0.15) is 26.2 Å². The second-order valence-electron chi connectivity index (χ2n) is 2.27. The maximum atomic E-state index is 9.95. The topological polar surface area (TPSA) is 17.1 Å². The first-order valence-corrected chi connectivity index (χ1v) is 3.52. The van der Waals surface area contributed by atoms with Gasteiger partial charge in [0, 0.05) is 6.42 Å². The zero-order valence-electron chi connectivity index (χ0n) is 6.52. The van der Waals surface area contributed by atoms with E-state index in [0.29, 0.717) is 6.42 Å². The van der Waals surface area contributed by atoms with Crippen molar-refractivity contribution in [3.05, 3.63) is 24.3 Å². The Bertz CT molecular complexity index is 145. The molecule has 0 N–H and O–H groups in total. The van der Waals surface area contributed by atoms with Gasteiger partial charge < -0.3 is 4.79 Å². The summed E-state index contributed by atoms with van der Waals surface area (Å²) in [5, 5.41) is 0. The summed E-state index contributed by atoms with van der Waals surface area (Å²) < 4.78 is 0. The molecule has 0 rings (SSSR count). The van der Waals surface area contributed by atoms with Crippen LogP contribution in [0, 0.1) is 0 Å². The first-order valence-electron chi connectivity index (χ1n) is 3.52. The minimum absolute atomic E-state index is 0.567. The summed E-state index contributed by atoms with van der Waals surface area (Å²) in [6, 6.07) is 0. The van der Waals surface area contributed by atoms with E-state index >= 15 is 0 Å². The molecule has 0 aromatic rings. The van der Waals surface area contributed by atoms with E-state index in [1.165, 1.54) is 0 Å². The van der Waals surface area contributed by atoms with Gasteiger partial charge in [0.15, 0.2) is 0 Å². The highest BCUT2D eigenvalue weighted by molar-refractivity contribution is 5.50. The first-order chi connectivity index (χ1) is 4.72. The summed E-state index contributed by atoms with van der Waals surface area (Å²) in [6.07, 6.45) is 3.17. The first kappa shape index (κ1) is 9.15. The molecule has 1 heteroatoms. The lowest BCUT2D eigenvalue weighted by Crippen LogP contribution is -1.85. The Morgan fingerprint density at radius 2 is 2.00 bits per heavy atom. The van der Waals surface area contributed by atoms with Gasteiger partial charge in [0.1, 0.15) is 6.29 Å². The summed E-state index contributed by atoms with van der Waals surface area (Å²) >= 11 is 0. The molecule has 0 bridgehead atoms. The minimum Gasteiger partial charge on any atom is -0.303 e. The van der Waals surface area contributed by atoms with Crippen LogP contribution >= 0.6 is 0 Å². The lowest BCUT2D eigenvalue weighted by atomic mass is 10.0. The highest BCUT2D eigenvalue weighted by Gasteiger charge is 1.95. The third kappa shape index (κ3) is 3.23. The largest absolute Gasteiger partial charge is 0.303 e. The summed E-state index contributed by atoms with van der Waals surface area (Å²) in [7, 11) is 0. The van der Waals surface area contributed by atoms with Crippen LogP contribution in [0.25, 0.3) is 0 Å². The van der Waals surface area contributed by atoms with Crippen LogP contribution in [0.2, 0.25) is 0 Å². The quantitative estimate of drug-likeness (QED) is 0.421. The Hall–Kier alpha value is -0.850. The average Bonchev–Trinajstić information content (AvgIpc) is 1.98. The van der Waals surface area contributed by atoms with Crippen LogP contribution in [0.3, 0.4) is 0 Å². The highest BCUT2D eigenvalue weighted by Crippen LogP contribution is 2.13. The molecular weight excluding hydrogens is 124 g/mol. The number of hydrogen-bond acceptors (Lipinski definition) is 1. The predicted octanol–water partition coefficient (Wildman–Crippen LogP) is 2.49. The van der Waals surface area contributed by atoms with Gasteiger partial charge in [0.25, 0.3) is 0 Å². The summed E-state index contributed by atoms with van der Waals surface area (Å²) in [5.41, 5.74) is 2.07. The molecule has 0 spiro atoms. The van der Waals surface area contributed by atoms with Gasteiger partial charge >= 0.3 is 0 Å². The second kappa shape index (κ2) is 4.98. The molecule has 0 aliphatic rings. The Labute approximate surface area is 62.4 Å². The third-order valence-electron chi connectivity index (χ3n) is 1.49. The number of aldehydes is 1. The fourth-order valence-corrected chi connectivity index (χ4v) is 0.660. The SMILES string of the molecule is C=C(CC)C(=C)CCC=O. The number of carbonyl (C=O) groups excluding carboxylic acids is 1. The molecule has 56 valence electrons. The Morgan fingerprint density at radius 1 is 1.40 bits per heavy atom. The number of rotatable bonds is 5. The molecule has 0 aliphatic heterocycles. The molecular formula is C9H14O. The molecule has 0 heterocycles. The Balaban J connectivity index is 3.62. The van der Waals surface area contributed by atoms with Crippen LogP contribution < -0.4 is 0 Å². The minimum atomic E-state index is 0.567. The normalized spacial score (nSPS) is 8.90. The molecule has 0 saturated carbocycles. The van der Waals surface area contributed by atoms with Crippen molar-refractivity contribution in [2.24, 2.45) is 0 Å². The summed E-state index contributed by atoms with van der Waals surface area (Å²) in [4.78, 5) is 9.95. The standard InChI is InChI=1S/C9H14O/c1-4-8(2)9(3)6-5-7-10/h7H,2-6H2,1H3. The molecule has 0 amide bonds. The maximum Gasteiger partial charge on any atom is 0.120 e. The van der Waals surface area contributed by atoms with Crippen molar-refractivity contribution >= 4 is 6.29 Å². The molecule has 0 radical (unpaired) electrons. The lowest BCUT2D eigenvalue weighted by Gasteiger charge is -2.02. The molecule has 10 heavy (non-hydrogen) atoms. The average molecular weight is 138 g/mol. The van der Waals surface area contributed by atoms with Crippen LogP contribution in [-0.4, -0.2) is 6.29 Å². The van der Waals surface area contributed by atoms with Crippen LogP contribution in [0.15, 0.2) is 24.3 Å². The smallest absolute Gasteiger partial charge is 0.120 e. The fourth-order valence-electron chi connectivity index (χ4n) is 0.660. The summed E-state index contributed by atoms with van der Waals surface area (Å²) in [5.74, 6) is 0. The van der Waals surface area contributed by atoms with Crippen LogP contribution in [-0.2, 0) is 4.79 Å². The van der Waals surface area contributed by atoms with E-state index in [-0.39, 0.29) is 0 Å². The number of carbonyl (C=O) groups is 1. The van der Waals surface area contributed by atoms with Gasteiger partial charge in [-0.25, -0.2) is 0 Å². The van der Waals surface area contributed by atoms with Crippen molar-refractivity contribution in [3.8, 4) is 0 Å². The molecule has 0 atom stereocenters.